The van der Waals surface area contributed by atoms with Gasteiger partial charge in [-0.15, -0.1) is 0 Å². The quantitative estimate of drug-likeness (QED) is 0.885. The number of anilines is 1. The van der Waals surface area contributed by atoms with Gasteiger partial charge in [-0.3, -0.25) is 4.90 Å². The third-order valence-electron chi connectivity index (χ3n) is 3.00. The molecule has 0 aliphatic carbocycles. The van der Waals surface area contributed by atoms with Crippen LogP contribution in [0.5, 0.6) is 0 Å². The number of rotatable bonds is 4. The molecule has 0 bridgehead atoms. The summed E-state index contributed by atoms with van der Waals surface area (Å²) in [6, 6.07) is 2.00. The second kappa shape index (κ2) is 6.21. The average Bonchev–Trinajstić information content (AvgIpc) is 2.39. The van der Waals surface area contributed by atoms with Crippen molar-refractivity contribution in [2.45, 2.75) is 25.1 Å². The predicted octanol–water partition coefficient (Wildman–Crippen LogP) is 1.85. The molecule has 1 aliphatic rings. The Morgan fingerprint density at radius 1 is 1.59 bits per heavy atom. The van der Waals surface area contributed by atoms with Crippen LogP contribution in [-0.4, -0.2) is 46.0 Å². The van der Waals surface area contributed by atoms with Crippen molar-refractivity contribution in [2.24, 2.45) is 0 Å². The van der Waals surface area contributed by atoms with Gasteiger partial charge in [-0.25, -0.2) is 9.97 Å². The second-order valence-electron chi connectivity index (χ2n) is 4.26. The normalized spacial score (nSPS) is 21.4. The molecule has 1 aromatic heterocycles. The Labute approximate surface area is 107 Å². The van der Waals surface area contributed by atoms with Crippen LogP contribution < -0.4 is 5.32 Å². The zero-order chi connectivity index (χ0) is 12.1. The Balaban J connectivity index is 1.95. The van der Waals surface area contributed by atoms with Gasteiger partial charge in [0.2, 0.25) is 5.95 Å². The van der Waals surface area contributed by atoms with E-state index in [9.17, 15) is 0 Å². The van der Waals surface area contributed by atoms with Crippen molar-refractivity contribution in [3.05, 3.63) is 18.0 Å². The first-order chi connectivity index (χ1) is 8.31. The highest BCUT2D eigenvalue weighted by Gasteiger charge is 2.19. The molecular formula is C12H20N4S. The highest BCUT2D eigenvalue weighted by atomic mass is 32.2. The van der Waals surface area contributed by atoms with Crippen molar-refractivity contribution in [1.82, 2.24) is 14.9 Å². The van der Waals surface area contributed by atoms with Crippen molar-refractivity contribution in [2.75, 3.05) is 31.2 Å². The lowest BCUT2D eigenvalue weighted by atomic mass is 10.2. The molecule has 1 fully saturated rings. The number of nitrogens with zero attached hydrogens (tertiary/aromatic N) is 3. The first-order valence-corrected chi connectivity index (χ1v) is 7.20. The number of hydrogen-bond donors (Lipinski definition) is 1. The lowest BCUT2D eigenvalue weighted by molar-refractivity contribution is 0.270. The first kappa shape index (κ1) is 12.6. The molecule has 1 N–H and O–H groups in total. The molecule has 0 amide bonds. The number of hydrogen-bond acceptors (Lipinski definition) is 5. The molecular weight excluding hydrogens is 232 g/mol. The van der Waals surface area contributed by atoms with Crippen LogP contribution >= 0.6 is 11.8 Å². The van der Waals surface area contributed by atoms with Crippen molar-refractivity contribution in [1.29, 1.82) is 0 Å². The number of thioether (sulfide) groups is 1. The maximum Gasteiger partial charge on any atom is 0.222 e. The van der Waals surface area contributed by atoms with Gasteiger partial charge in [0.05, 0.1) is 5.69 Å². The Morgan fingerprint density at radius 2 is 2.47 bits per heavy atom. The second-order valence-corrected chi connectivity index (χ2v) is 5.67. The summed E-state index contributed by atoms with van der Waals surface area (Å²) in [5.41, 5.74) is 1.10. The highest BCUT2D eigenvalue weighted by Crippen LogP contribution is 2.22. The number of aromatic nitrogens is 2. The Kier molecular flexibility index (Phi) is 4.62. The molecule has 0 spiro atoms. The highest BCUT2D eigenvalue weighted by molar-refractivity contribution is 8.00. The Morgan fingerprint density at radius 3 is 3.24 bits per heavy atom. The van der Waals surface area contributed by atoms with Crippen molar-refractivity contribution in [3.8, 4) is 0 Å². The minimum atomic E-state index is 0.709. The summed E-state index contributed by atoms with van der Waals surface area (Å²) in [5.74, 6) is 1.95. The van der Waals surface area contributed by atoms with Gasteiger partial charge in [0.15, 0.2) is 0 Å². The minimum Gasteiger partial charge on any atom is -0.357 e. The standard InChI is InChI=1S/C12H20N4S/c1-3-11-9-16(6-7-17-11)8-10-4-5-14-12(13-2)15-10/h4-5,11H,3,6-9H2,1-2H3,(H,13,14,15). The minimum absolute atomic E-state index is 0.709. The fourth-order valence-corrected chi connectivity index (χ4v) is 3.25. The van der Waals surface area contributed by atoms with E-state index in [0.29, 0.717) is 5.95 Å². The molecule has 5 heteroatoms. The van der Waals surface area contributed by atoms with E-state index in [1.807, 2.05) is 19.3 Å². The molecule has 1 aromatic rings. The lowest BCUT2D eigenvalue weighted by Crippen LogP contribution is -2.37. The van der Waals surface area contributed by atoms with Crippen LogP contribution in [0.1, 0.15) is 19.0 Å². The third-order valence-corrected chi connectivity index (χ3v) is 4.37. The summed E-state index contributed by atoms with van der Waals surface area (Å²) >= 11 is 2.10. The topological polar surface area (TPSA) is 41.1 Å². The van der Waals surface area contributed by atoms with Crippen LogP contribution in [0, 0.1) is 0 Å². The number of nitrogens with one attached hydrogen (secondary N) is 1. The van der Waals surface area contributed by atoms with E-state index >= 15 is 0 Å². The molecule has 17 heavy (non-hydrogen) atoms. The van der Waals surface area contributed by atoms with Gasteiger partial charge in [0.1, 0.15) is 0 Å². The molecule has 2 heterocycles. The van der Waals surface area contributed by atoms with E-state index < -0.39 is 0 Å². The summed E-state index contributed by atoms with van der Waals surface area (Å²) in [5, 5.41) is 3.77. The molecule has 0 aromatic carbocycles. The Bertz CT molecular complexity index is 358. The van der Waals surface area contributed by atoms with Crippen LogP contribution in [0.2, 0.25) is 0 Å². The predicted molar refractivity (Wildman–Crippen MR) is 73.4 cm³/mol. The fourth-order valence-electron chi connectivity index (χ4n) is 2.00. The van der Waals surface area contributed by atoms with Crippen LogP contribution in [0.25, 0.3) is 0 Å². The largest absolute Gasteiger partial charge is 0.357 e. The molecule has 1 saturated heterocycles. The summed E-state index contributed by atoms with van der Waals surface area (Å²) in [7, 11) is 1.85. The van der Waals surface area contributed by atoms with Crippen molar-refractivity contribution < 1.29 is 0 Å². The summed E-state index contributed by atoms with van der Waals surface area (Å²) in [6.45, 7) is 5.55. The monoisotopic (exact) mass is 252 g/mol. The first-order valence-electron chi connectivity index (χ1n) is 6.15. The smallest absolute Gasteiger partial charge is 0.222 e. The van der Waals surface area contributed by atoms with Gasteiger partial charge in [-0.1, -0.05) is 6.92 Å². The van der Waals surface area contributed by atoms with Crippen LogP contribution in [0.15, 0.2) is 12.3 Å². The summed E-state index contributed by atoms with van der Waals surface area (Å²) in [6.07, 6.45) is 3.08. The average molecular weight is 252 g/mol. The van der Waals surface area contributed by atoms with Crippen molar-refractivity contribution >= 4 is 17.7 Å². The van der Waals surface area contributed by atoms with Gasteiger partial charge >= 0.3 is 0 Å². The SMILES string of the molecule is CCC1CN(Cc2ccnc(NC)n2)CCS1. The van der Waals surface area contributed by atoms with E-state index in [2.05, 4.69) is 38.9 Å². The van der Waals surface area contributed by atoms with E-state index in [0.717, 1.165) is 17.5 Å². The molecule has 1 unspecified atom stereocenters. The van der Waals surface area contributed by atoms with E-state index in [4.69, 9.17) is 0 Å². The van der Waals surface area contributed by atoms with Gasteiger partial charge in [0.25, 0.3) is 0 Å². The van der Waals surface area contributed by atoms with Crippen LogP contribution in [-0.2, 0) is 6.54 Å². The van der Waals surface area contributed by atoms with Gasteiger partial charge in [-0.05, 0) is 12.5 Å². The lowest BCUT2D eigenvalue weighted by Gasteiger charge is -2.31. The van der Waals surface area contributed by atoms with Crippen molar-refractivity contribution in [3.63, 3.8) is 0 Å². The Hall–Kier alpha value is -0.810. The molecule has 0 radical (unpaired) electrons. The molecule has 0 saturated carbocycles. The summed E-state index contributed by atoms with van der Waals surface area (Å²) in [4.78, 5) is 11.1. The van der Waals surface area contributed by atoms with E-state index in [-0.39, 0.29) is 0 Å². The molecule has 2 rings (SSSR count). The van der Waals surface area contributed by atoms with E-state index in [1.165, 1.54) is 25.3 Å². The van der Waals surface area contributed by atoms with Gasteiger partial charge in [0, 0.05) is 43.9 Å². The van der Waals surface area contributed by atoms with Gasteiger partial charge < -0.3 is 5.32 Å². The molecule has 1 atom stereocenters. The summed E-state index contributed by atoms with van der Waals surface area (Å²) < 4.78 is 0. The fraction of sp³-hybridized carbons (Fsp3) is 0.667. The van der Waals surface area contributed by atoms with Crippen LogP contribution in [0.3, 0.4) is 0 Å². The molecule has 94 valence electrons. The maximum atomic E-state index is 4.47. The molecule has 4 nitrogen and oxygen atoms in total. The zero-order valence-corrected chi connectivity index (χ0v) is 11.3. The van der Waals surface area contributed by atoms with Crippen LogP contribution in [0.4, 0.5) is 5.95 Å². The third kappa shape index (κ3) is 3.57. The molecule has 1 aliphatic heterocycles. The zero-order valence-electron chi connectivity index (χ0n) is 10.5. The van der Waals surface area contributed by atoms with Gasteiger partial charge in [-0.2, -0.15) is 11.8 Å². The van der Waals surface area contributed by atoms with E-state index in [1.54, 1.807) is 0 Å². The maximum absolute atomic E-state index is 4.47.